The first-order valence-corrected chi connectivity index (χ1v) is 8.64. The van der Waals surface area contributed by atoms with Gasteiger partial charge in [0.25, 0.3) is 5.56 Å². The number of H-pyrrole nitrogens is 1. The molecular formula is C18H22N4O5. The molecule has 1 amide bonds. The number of aliphatic hydroxyl groups excluding tert-OH is 1. The van der Waals surface area contributed by atoms with E-state index in [0.717, 1.165) is 10.1 Å². The second-order valence-corrected chi connectivity index (χ2v) is 6.79. The molecule has 1 unspecified atom stereocenters. The number of hydrogen-bond donors (Lipinski definition) is 3. The van der Waals surface area contributed by atoms with Crippen LogP contribution in [0.1, 0.15) is 30.0 Å². The van der Waals surface area contributed by atoms with Crippen LogP contribution in [-0.2, 0) is 11.3 Å². The SMILES string of the molecule is COc1cncc(C(NC(=O)Cn2cc(C)c(=O)[nH]c2=O)C2CC(O)C2)c1. The van der Waals surface area contributed by atoms with E-state index in [0.29, 0.717) is 24.2 Å². The smallest absolute Gasteiger partial charge is 0.328 e. The summed E-state index contributed by atoms with van der Waals surface area (Å²) in [7, 11) is 1.53. The fraction of sp³-hybridized carbons (Fsp3) is 0.444. The van der Waals surface area contributed by atoms with E-state index >= 15 is 0 Å². The van der Waals surface area contributed by atoms with E-state index in [-0.39, 0.29) is 30.5 Å². The van der Waals surface area contributed by atoms with Gasteiger partial charge < -0.3 is 15.2 Å². The number of aromatic nitrogens is 3. The molecule has 0 spiro atoms. The predicted molar refractivity (Wildman–Crippen MR) is 96.5 cm³/mol. The lowest BCUT2D eigenvalue weighted by Crippen LogP contribution is -2.43. The summed E-state index contributed by atoms with van der Waals surface area (Å²) < 4.78 is 6.35. The van der Waals surface area contributed by atoms with Gasteiger partial charge in [0.1, 0.15) is 12.3 Å². The van der Waals surface area contributed by atoms with Crippen molar-refractivity contribution >= 4 is 5.91 Å². The highest BCUT2D eigenvalue weighted by Gasteiger charge is 2.36. The zero-order valence-electron chi connectivity index (χ0n) is 15.1. The number of nitrogens with one attached hydrogen (secondary N) is 2. The molecule has 2 aromatic rings. The first-order valence-electron chi connectivity index (χ1n) is 8.64. The molecule has 1 saturated carbocycles. The quantitative estimate of drug-likeness (QED) is 0.647. The van der Waals surface area contributed by atoms with Gasteiger partial charge in [-0.25, -0.2) is 4.79 Å². The van der Waals surface area contributed by atoms with Crippen molar-refractivity contribution in [3.8, 4) is 5.75 Å². The standard InChI is InChI=1S/C18H22N4O5/c1-10-8-22(18(26)21-17(10)25)9-15(24)20-16(11-3-13(23)4-11)12-5-14(27-2)7-19-6-12/h5-8,11,13,16,23H,3-4,9H2,1-2H3,(H,20,24)(H,21,25,26). The molecule has 27 heavy (non-hydrogen) atoms. The first-order chi connectivity index (χ1) is 12.9. The normalized spacial score (nSPS) is 19.8. The number of methoxy groups -OCH3 is 1. The minimum Gasteiger partial charge on any atom is -0.495 e. The minimum atomic E-state index is -0.639. The molecule has 0 saturated heterocycles. The number of ether oxygens (including phenoxy) is 1. The third kappa shape index (κ3) is 4.25. The number of aromatic amines is 1. The Morgan fingerprint density at radius 1 is 1.44 bits per heavy atom. The van der Waals surface area contributed by atoms with Gasteiger partial charge in [0, 0.05) is 18.0 Å². The number of carbonyl (C=O) groups is 1. The lowest BCUT2D eigenvalue weighted by Gasteiger charge is -2.38. The van der Waals surface area contributed by atoms with Crippen molar-refractivity contribution < 1.29 is 14.6 Å². The molecule has 9 nitrogen and oxygen atoms in total. The van der Waals surface area contributed by atoms with Crippen molar-refractivity contribution in [1.82, 2.24) is 19.9 Å². The van der Waals surface area contributed by atoms with Gasteiger partial charge in [0.2, 0.25) is 5.91 Å². The fourth-order valence-corrected chi connectivity index (χ4v) is 3.20. The Bertz CT molecular complexity index is 945. The summed E-state index contributed by atoms with van der Waals surface area (Å²) >= 11 is 0. The molecule has 1 fully saturated rings. The van der Waals surface area contributed by atoms with Crippen molar-refractivity contribution in [2.45, 2.75) is 38.5 Å². The number of pyridine rings is 1. The topological polar surface area (TPSA) is 126 Å². The summed E-state index contributed by atoms with van der Waals surface area (Å²) in [5, 5.41) is 12.6. The number of aliphatic hydroxyl groups is 1. The van der Waals surface area contributed by atoms with Crippen molar-refractivity contribution in [3.63, 3.8) is 0 Å². The largest absolute Gasteiger partial charge is 0.495 e. The Morgan fingerprint density at radius 3 is 2.85 bits per heavy atom. The Hall–Kier alpha value is -2.94. The minimum absolute atomic E-state index is 0.0619. The molecule has 0 bridgehead atoms. The molecule has 2 aromatic heterocycles. The molecule has 3 rings (SSSR count). The van der Waals surface area contributed by atoms with E-state index in [2.05, 4.69) is 15.3 Å². The average molecular weight is 374 g/mol. The monoisotopic (exact) mass is 374 g/mol. The van der Waals surface area contributed by atoms with Crippen molar-refractivity contribution in [2.24, 2.45) is 5.92 Å². The number of nitrogens with zero attached hydrogens (tertiary/aromatic N) is 2. The van der Waals surface area contributed by atoms with Gasteiger partial charge >= 0.3 is 5.69 Å². The van der Waals surface area contributed by atoms with E-state index in [1.54, 1.807) is 25.4 Å². The van der Waals surface area contributed by atoms with Gasteiger partial charge in [-0.3, -0.25) is 24.1 Å². The molecular weight excluding hydrogens is 352 g/mol. The zero-order chi connectivity index (χ0) is 19.6. The number of hydrogen-bond acceptors (Lipinski definition) is 6. The summed E-state index contributed by atoms with van der Waals surface area (Å²) in [6, 6.07) is 1.43. The molecule has 144 valence electrons. The highest BCUT2D eigenvalue weighted by Crippen LogP contribution is 2.38. The third-order valence-corrected chi connectivity index (χ3v) is 4.77. The predicted octanol–water partition coefficient (Wildman–Crippen LogP) is -0.123. The van der Waals surface area contributed by atoms with Gasteiger partial charge in [-0.05, 0) is 37.3 Å². The zero-order valence-corrected chi connectivity index (χ0v) is 15.1. The lowest BCUT2D eigenvalue weighted by molar-refractivity contribution is -0.123. The van der Waals surface area contributed by atoms with Crippen LogP contribution in [0.15, 0.2) is 34.2 Å². The van der Waals surface area contributed by atoms with Gasteiger partial charge in [-0.1, -0.05) is 0 Å². The number of amides is 1. The fourth-order valence-electron chi connectivity index (χ4n) is 3.20. The molecule has 3 N–H and O–H groups in total. The van der Waals surface area contributed by atoms with Crippen LogP contribution in [0.2, 0.25) is 0 Å². The van der Waals surface area contributed by atoms with Crippen molar-refractivity contribution in [2.75, 3.05) is 7.11 Å². The summed E-state index contributed by atoms with van der Waals surface area (Å²) in [5.41, 5.74) is 0.00233. The third-order valence-electron chi connectivity index (χ3n) is 4.77. The maximum atomic E-state index is 12.5. The van der Waals surface area contributed by atoms with Gasteiger partial charge in [0.15, 0.2) is 0 Å². The number of aryl methyl sites for hydroxylation is 1. The van der Waals surface area contributed by atoms with Crippen LogP contribution in [0.3, 0.4) is 0 Å². The van der Waals surface area contributed by atoms with Crippen LogP contribution in [0, 0.1) is 12.8 Å². The molecule has 2 heterocycles. The molecule has 0 aromatic carbocycles. The lowest BCUT2D eigenvalue weighted by atomic mass is 9.75. The summed E-state index contributed by atoms with van der Waals surface area (Å²) in [4.78, 5) is 42.2. The first kappa shape index (κ1) is 18.8. The van der Waals surface area contributed by atoms with Crippen LogP contribution < -0.4 is 21.3 Å². The van der Waals surface area contributed by atoms with Crippen LogP contribution in [0.4, 0.5) is 0 Å². The Balaban J connectivity index is 1.79. The van der Waals surface area contributed by atoms with E-state index in [9.17, 15) is 19.5 Å². The molecule has 0 radical (unpaired) electrons. The maximum absolute atomic E-state index is 12.5. The molecule has 1 aliphatic carbocycles. The van der Waals surface area contributed by atoms with Gasteiger partial charge in [-0.2, -0.15) is 0 Å². The van der Waals surface area contributed by atoms with Crippen molar-refractivity contribution in [3.05, 3.63) is 56.6 Å². The van der Waals surface area contributed by atoms with Crippen LogP contribution in [0.25, 0.3) is 0 Å². The summed E-state index contributed by atoms with van der Waals surface area (Å²) in [5.74, 6) is 0.253. The second kappa shape index (κ2) is 7.75. The molecule has 1 atom stereocenters. The molecule has 9 heteroatoms. The Labute approximate surface area is 155 Å². The average Bonchev–Trinajstić information content (AvgIpc) is 2.62. The number of carbonyl (C=O) groups excluding carboxylic acids is 1. The van der Waals surface area contributed by atoms with Crippen LogP contribution in [-0.4, -0.2) is 38.8 Å². The highest BCUT2D eigenvalue weighted by molar-refractivity contribution is 5.76. The molecule has 1 aliphatic rings. The van der Waals surface area contributed by atoms with E-state index in [1.807, 2.05) is 0 Å². The Kier molecular flexibility index (Phi) is 5.41. The number of rotatable bonds is 6. The molecule has 0 aliphatic heterocycles. The van der Waals surface area contributed by atoms with Crippen molar-refractivity contribution in [1.29, 1.82) is 0 Å². The van der Waals surface area contributed by atoms with Gasteiger partial charge in [0.05, 0.1) is 25.5 Å². The van der Waals surface area contributed by atoms with E-state index in [1.165, 1.54) is 13.3 Å². The maximum Gasteiger partial charge on any atom is 0.328 e. The Morgan fingerprint density at radius 2 is 2.19 bits per heavy atom. The van der Waals surface area contributed by atoms with Gasteiger partial charge in [-0.15, -0.1) is 0 Å². The second-order valence-electron chi connectivity index (χ2n) is 6.79. The van der Waals surface area contributed by atoms with E-state index < -0.39 is 11.2 Å². The van der Waals surface area contributed by atoms with Crippen LogP contribution in [0.5, 0.6) is 5.75 Å². The highest BCUT2D eigenvalue weighted by atomic mass is 16.5. The summed E-state index contributed by atoms with van der Waals surface area (Å²) in [6.45, 7) is 1.34. The van der Waals surface area contributed by atoms with Crippen LogP contribution >= 0.6 is 0 Å². The summed E-state index contributed by atoms with van der Waals surface area (Å²) in [6.07, 6.45) is 5.34. The van der Waals surface area contributed by atoms with E-state index in [4.69, 9.17) is 4.74 Å².